The first-order valence-corrected chi connectivity index (χ1v) is 4.15. The first kappa shape index (κ1) is 10.2. The smallest absolute Gasteiger partial charge is 0.185 e. The molecule has 0 atom stereocenters. The first-order chi connectivity index (χ1) is 6.15. The van der Waals surface area contributed by atoms with Crippen LogP contribution in [-0.4, -0.2) is 5.11 Å². The van der Waals surface area contributed by atoms with Crippen LogP contribution in [0.1, 0.15) is 0 Å². The molecule has 0 fully saturated rings. The maximum atomic E-state index is 13.2. The van der Waals surface area contributed by atoms with E-state index in [1.165, 1.54) is 12.1 Å². The van der Waals surface area contributed by atoms with E-state index >= 15 is 0 Å². The number of nitrogens with one attached hydrogen (secondary N) is 2. The molecule has 4 N–H and O–H groups in total. The first-order valence-electron chi connectivity index (χ1n) is 3.36. The second-order valence-corrected chi connectivity index (χ2v) is 3.02. The number of hydrogen-bond acceptors (Lipinski definition) is 2. The summed E-state index contributed by atoms with van der Waals surface area (Å²) >= 11 is 10.2. The van der Waals surface area contributed by atoms with Crippen LogP contribution in [0.15, 0.2) is 18.2 Å². The summed E-state index contributed by atoms with van der Waals surface area (Å²) in [6.45, 7) is 0. The van der Waals surface area contributed by atoms with Gasteiger partial charge in [-0.15, -0.1) is 0 Å². The van der Waals surface area contributed by atoms with Crippen molar-refractivity contribution in [2.45, 2.75) is 0 Å². The number of nitrogens with two attached hydrogens (primary N) is 1. The molecule has 0 aromatic heterocycles. The molecule has 0 saturated heterocycles. The van der Waals surface area contributed by atoms with Crippen LogP contribution in [0.5, 0.6) is 0 Å². The second kappa shape index (κ2) is 4.36. The van der Waals surface area contributed by atoms with Crippen molar-refractivity contribution in [1.29, 1.82) is 0 Å². The van der Waals surface area contributed by atoms with E-state index in [0.717, 1.165) is 0 Å². The predicted molar refractivity (Wildman–Crippen MR) is 55.0 cm³/mol. The lowest BCUT2D eigenvalue weighted by molar-refractivity contribution is 0.632. The number of rotatable bonds is 1. The summed E-state index contributed by atoms with van der Waals surface area (Å²) in [5, 5.41) is 2.69. The van der Waals surface area contributed by atoms with Crippen LogP contribution < -0.4 is 16.6 Å². The highest BCUT2D eigenvalue weighted by molar-refractivity contribution is 7.80. The van der Waals surface area contributed by atoms with Crippen molar-refractivity contribution in [3.8, 4) is 0 Å². The lowest BCUT2D eigenvalue weighted by Gasteiger charge is -2.07. The third-order valence-corrected chi connectivity index (χ3v) is 1.84. The van der Waals surface area contributed by atoms with Crippen LogP contribution in [0.4, 0.5) is 10.1 Å². The molecule has 0 aliphatic rings. The number of halogens is 2. The Morgan fingerprint density at radius 2 is 2.23 bits per heavy atom. The van der Waals surface area contributed by atoms with E-state index in [9.17, 15) is 4.39 Å². The van der Waals surface area contributed by atoms with Crippen LogP contribution in [0, 0.1) is 5.82 Å². The third-order valence-electron chi connectivity index (χ3n) is 1.33. The topological polar surface area (TPSA) is 50.1 Å². The van der Waals surface area contributed by atoms with Gasteiger partial charge in [0.05, 0.1) is 10.7 Å². The Hall–Kier alpha value is -0.910. The molecule has 1 aromatic carbocycles. The maximum Gasteiger partial charge on any atom is 0.185 e. The van der Waals surface area contributed by atoms with E-state index < -0.39 is 5.82 Å². The van der Waals surface area contributed by atoms with E-state index in [-0.39, 0.29) is 15.8 Å². The molecule has 0 amide bonds. The molecule has 0 heterocycles. The molecule has 1 rings (SSSR count). The van der Waals surface area contributed by atoms with Gasteiger partial charge in [-0.1, -0.05) is 17.7 Å². The fraction of sp³-hybridized carbons (Fsp3) is 0. The summed E-state index contributed by atoms with van der Waals surface area (Å²) in [5.74, 6) is 4.44. The number of benzene rings is 1. The highest BCUT2D eigenvalue weighted by Crippen LogP contribution is 2.21. The molecule has 0 radical (unpaired) electrons. The van der Waals surface area contributed by atoms with Crippen LogP contribution in [-0.2, 0) is 0 Å². The Bertz CT molecular complexity index is 332. The van der Waals surface area contributed by atoms with Gasteiger partial charge in [0.2, 0.25) is 0 Å². The standard InChI is InChI=1S/C7H7ClFN3S/c8-4-2-1-3-5(6(4)9)11-7(13)12-10/h1-3H,10H2,(H2,11,12,13). The zero-order valence-corrected chi connectivity index (χ0v) is 8.05. The van der Waals surface area contributed by atoms with E-state index in [1.54, 1.807) is 6.07 Å². The number of hydrogen-bond donors (Lipinski definition) is 3. The van der Waals surface area contributed by atoms with Crippen molar-refractivity contribution >= 4 is 34.6 Å². The Morgan fingerprint density at radius 1 is 1.54 bits per heavy atom. The van der Waals surface area contributed by atoms with Gasteiger partial charge in [0, 0.05) is 0 Å². The fourth-order valence-electron chi connectivity index (χ4n) is 0.759. The summed E-state index contributed by atoms with van der Waals surface area (Å²) in [6.07, 6.45) is 0. The molecule has 0 bridgehead atoms. The van der Waals surface area contributed by atoms with Gasteiger partial charge in [0.1, 0.15) is 0 Å². The average Bonchev–Trinajstić information content (AvgIpc) is 2.13. The Kier molecular flexibility index (Phi) is 3.41. The van der Waals surface area contributed by atoms with Gasteiger partial charge in [-0.25, -0.2) is 10.2 Å². The van der Waals surface area contributed by atoms with E-state index in [2.05, 4.69) is 23.0 Å². The van der Waals surface area contributed by atoms with Crippen LogP contribution in [0.3, 0.4) is 0 Å². The van der Waals surface area contributed by atoms with Gasteiger partial charge in [0.25, 0.3) is 0 Å². The van der Waals surface area contributed by atoms with Gasteiger partial charge < -0.3 is 10.7 Å². The molecule has 70 valence electrons. The van der Waals surface area contributed by atoms with Gasteiger partial charge in [-0.3, -0.25) is 0 Å². The molecule has 0 saturated carbocycles. The summed E-state index contributed by atoms with van der Waals surface area (Å²) in [7, 11) is 0. The van der Waals surface area contributed by atoms with Crippen LogP contribution >= 0.6 is 23.8 Å². The van der Waals surface area contributed by atoms with Gasteiger partial charge >= 0.3 is 0 Å². The quantitative estimate of drug-likeness (QED) is 0.382. The van der Waals surface area contributed by atoms with Crippen LogP contribution in [0.2, 0.25) is 5.02 Å². The minimum atomic E-state index is -0.554. The lowest BCUT2D eigenvalue weighted by Crippen LogP contribution is -2.34. The van der Waals surface area contributed by atoms with Crippen molar-refractivity contribution in [3.05, 3.63) is 29.0 Å². The highest BCUT2D eigenvalue weighted by Gasteiger charge is 2.06. The normalized spacial score (nSPS) is 9.46. The average molecular weight is 220 g/mol. The van der Waals surface area contributed by atoms with Gasteiger partial charge in [-0.2, -0.15) is 0 Å². The number of anilines is 1. The third kappa shape index (κ3) is 2.51. The molecule has 1 aromatic rings. The van der Waals surface area contributed by atoms with Crippen molar-refractivity contribution in [2.24, 2.45) is 5.84 Å². The maximum absolute atomic E-state index is 13.2. The Morgan fingerprint density at radius 3 is 2.85 bits per heavy atom. The number of hydrazine groups is 1. The Balaban J connectivity index is 2.89. The number of thiocarbonyl (C=S) groups is 1. The molecule has 0 spiro atoms. The second-order valence-electron chi connectivity index (χ2n) is 2.20. The van der Waals surface area contributed by atoms with Crippen LogP contribution in [0.25, 0.3) is 0 Å². The minimum absolute atomic E-state index is 0.0322. The van der Waals surface area contributed by atoms with E-state index in [0.29, 0.717) is 0 Å². The van der Waals surface area contributed by atoms with Crippen molar-refractivity contribution in [1.82, 2.24) is 5.43 Å². The van der Waals surface area contributed by atoms with Gasteiger partial charge in [0.15, 0.2) is 10.9 Å². The lowest BCUT2D eigenvalue weighted by atomic mass is 10.3. The molecule has 0 aliphatic carbocycles. The predicted octanol–water partition coefficient (Wildman–Crippen LogP) is 1.64. The molecule has 0 unspecified atom stereocenters. The monoisotopic (exact) mass is 219 g/mol. The summed E-state index contributed by atoms with van der Waals surface area (Å²) in [5.41, 5.74) is 2.36. The Labute approximate surface area is 85.0 Å². The zero-order chi connectivity index (χ0) is 9.84. The molecule has 3 nitrogen and oxygen atoms in total. The van der Waals surface area contributed by atoms with Crippen molar-refractivity contribution in [2.75, 3.05) is 5.32 Å². The zero-order valence-electron chi connectivity index (χ0n) is 6.47. The van der Waals surface area contributed by atoms with E-state index in [1.807, 2.05) is 0 Å². The van der Waals surface area contributed by atoms with E-state index in [4.69, 9.17) is 17.4 Å². The van der Waals surface area contributed by atoms with Gasteiger partial charge in [-0.05, 0) is 24.4 Å². The SMILES string of the molecule is NNC(=S)Nc1cccc(Cl)c1F. The van der Waals surface area contributed by atoms with Crippen molar-refractivity contribution in [3.63, 3.8) is 0 Å². The molecular formula is C7H7ClFN3S. The summed E-state index contributed by atoms with van der Waals surface area (Å²) in [4.78, 5) is 0. The fourth-order valence-corrected chi connectivity index (χ4v) is 1.04. The molecule has 13 heavy (non-hydrogen) atoms. The summed E-state index contributed by atoms with van der Waals surface area (Å²) < 4.78 is 13.2. The minimum Gasteiger partial charge on any atom is -0.329 e. The largest absolute Gasteiger partial charge is 0.329 e. The molecule has 0 aliphatic heterocycles. The summed E-state index contributed by atoms with van der Waals surface area (Å²) in [6, 6.07) is 4.55. The molecular weight excluding hydrogens is 213 g/mol. The molecule has 6 heteroatoms. The van der Waals surface area contributed by atoms with Crippen molar-refractivity contribution < 1.29 is 4.39 Å². The highest BCUT2D eigenvalue weighted by atomic mass is 35.5.